The monoisotopic (exact) mass is 263 g/mol. The second kappa shape index (κ2) is 7.89. The van der Waals surface area contributed by atoms with Crippen molar-refractivity contribution in [3.8, 4) is 0 Å². The van der Waals surface area contributed by atoms with Crippen molar-refractivity contribution < 1.29 is 14.4 Å². The molecule has 1 fully saturated rings. The van der Waals surface area contributed by atoms with Gasteiger partial charge in [0.25, 0.3) is 0 Å². The van der Waals surface area contributed by atoms with Crippen molar-refractivity contribution in [2.45, 2.75) is 38.2 Å². The van der Waals surface area contributed by atoms with Crippen molar-refractivity contribution in [3.63, 3.8) is 0 Å². The molecule has 0 aromatic carbocycles. The fraction of sp³-hybridized carbons (Fsp3) is 0.700. The first-order chi connectivity index (χ1) is 7.65. The Morgan fingerprint density at radius 2 is 1.94 bits per heavy atom. The van der Waals surface area contributed by atoms with E-state index in [1.165, 1.54) is 13.5 Å². The minimum Gasteiger partial charge on any atom is -0.464 e. The van der Waals surface area contributed by atoms with Crippen molar-refractivity contribution in [2.75, 3.05) is 7.11 Å². The number of oxime groups is 1. The Labute approximate surface area is 106 Å². The maximum atomic E-state index is 11.2. The maximum absolute atomic E-state index is 11.2. The number of carbonyl (C=O) groups excluding carboxylic acids is 1. The molecular formula is C10H18ClN3O3. The van der Waals surface area contributed by atoms with Crippen LogP contribution >= 0.6 is 12.4 Å². The molecule has 1 saturated carbocycles. The van der Waals surface area contributed by atoms with Crippen molar-refractivity contribution in [3.05, 3.63) is 0 Å². The van der Waals surface area contributed by atoms with Gasteiger partial charge in [-0.2, -0.15) is 0 Å². The van der Waals surface area contributed by atoms with E-state index in [0.29, 0.717) is 0 Å². The Bertz CT molecular complexity index is 301. The lowest BCUT2D eigenvalue weighted by Gasteiger charge is -2.19. The summed E-state index contributed by atoms with van der Waals surface area (Å²) in [7, 11) is 1.21. The average Bonchev–Trinajstić information content (AvgIpc) is 2.30. The third kappa shape index (κ3) is 5.04. The van der Waals surface area contributed by atoms with Gasteiger partial charge in [0.1, 0.15) is 6.10 Å². The number of hydrogen-bond donors (Lipinski definition) is 2. The highest BCUT2D eigenvalue weighted by Crippen LogP contribution is 2.20. The van der Waals surface area contributed by atoms with Crippen LogP contribution in [0.15, 0.2) is 5.16 Å². The Balaban J connectivity index is 0.00000256. The van der Waals surface area contributed by atoms with Crippen LogP contribution in [0.4, 0.5) is 0 Å². The highest BCUT2D eigenvalue weighted by Gasteiger charge is 2.19. The molecule has 0 saturated heterocycles. The van der Waals surface area contributed by atoms with Gasteiger partial charge in [-0.25, -0.2) is 4.79 Å². The van der Waals surface area contributed by atoms with Gasteiger partial charge in [-0.3, -0.25) is 5.41 Å². The number of nitrogens with two attached hydrogens (primary N) is 1. The minimum atomic E-state index is -0.747. The number of hydrogen-bond acceptors (Lipinski definition) is 5. The predicted octanol–water partition coefficient (Wildman–Crippen LogP) is 1.22. The Hall–Kier alpha value is -1.30. The molecule has 0 bridgehead atoms. The minimum absolute atomic E-state index is 0. The summed E-state index contributed by atoms with van der Waals surface area (Å²) in [5.41, 5.74) is 4.93. The van der Waals surface area contributed by atoms with Crippen LogP contribution in [-0.2, 0) is 14.4 Å². The molecule has 0 amide bonds. The summed E-state index contributed by atoms with van der Waals surface area (Å²) in [5.74, 6) is -1.19. The lowest BCUT2D eigenvalue weighted by Crippen LogP contribution is -2.32. The fourth-order valence-electron chi connectivity index (χ4n) is 1.59. The van der Waals surface area contributed by atoms with E-state index in [1.54, 1.807) is 0 Å². The summed E-state index contributed by atoms with van der Waals surface area (Å²) in [6.45, 7) is 0. The van der Waals surface area contributed by atoms with Gasteiger partial charge in [-0.05, 0) is 25.7 Å². The van der Waals surface area contributed by atoms with Crippen molar-refractivity contribution in [1.29, 1.82) is 5.41 Å². The molecule has 0 atom stereocenters. The van der Waals surface area contributed by atoms with Gasteiger partial charge in [0.15, 0.2) is 5.84 Å². The van der Waals surface area contributed by atoms with E-state index >= 15 is 0 Å². The van der Waals surface area contributed by atoms with Gasteiger partial charge in [-0.1, -0.05) is 11.6 Å². The van der Waals surface area contributed by atoms with E-state index in [1.807, 2.05) is 0 Å². The Morgan fingerprint density at radius 3 is 2.41 bits per heavy atom. The molecule has 7 heteroatoms. The smallest absolute Gasteiger partial charge is 0.363 e. The number of amidine groups is 1. The van der Waals surface area contributed by atoms with Gasteiger partial charge in [0.2, 0.25) is 5.71 Å². The first-order valence-electron chi connectivity index (χ1n) is 5.31. The normalized spacial score (nSPS) is 16.9. The van der Waals surface area contributed by atoms with Crippen molar-refractivity contribution in [2.24, 2.45) is 10.9 Å². The molecule has 0 aromatic rings. The molecule has 0 spiro atoms. The summed E-state index contributed by atoms with van der Waals surface area (Å²) in [5, 5.41) is 10.8. The van der Waals surface area contributed by atoms with E-state index in [0.717, 1.165) is 25.7 Å². The maximum Gasteiger partial charge on any atom is 0.363 e. The SMILES string of the molecule is COC(=O)C(=NOC1CCCCC1)C(=N)N.Cl. The number of carbonyl (C=O) groups is 1. The first kappa shape index (κ1) is 15.7. The summed E-state index contributed by atoms with van der Waals surface area (Å²) >= 11 is 0. The lowest BCUT2D eigenvalue weighted by atomic mass is 9.98. The third-order valence-electron chi connectivity index (χ3n) is 2.48. The summed E-state index contributed by atoms with van der Waals surface area (Å²) in [6, 6.07) is 0. The molecule has 0 heterocycles. The summed E-state index contributed by atoms with van der Waals surface area (Å²) in [6.07, 6.45) is 5.29. The number of halogens is 1. The largest absolute Gasteiger partial charge is 0.464 e. The van der Waals surface area contributed by atoms with Crippen LogP contribution in [0.5, 0.6) is 0 Å². The van der Waals surface area contributed by atoms with Gasteiger partial charge in [-0.15, -0.1) is 12.4 Å². The van der Waals surface area contributed by atoms with Crippen molar-refractivity contribution >= 4 is 29.9 Å². The zero-order valence-corrected chi connectivity index (χ0v) is 10.6. The quantitative estimate of drug-likeness (QED) is 0.345. The zero-order valence-electron chi connectivity index (χ0n) is 9.77. The highest BCUT2D eigenvalue weighted by molar-refractivity contribution is 6.64. The lowest BCUT2D eigenvalue weighted by molar-refractivity contribution is -0.132. The number of methoxy groups -OCH3 is 1. The van der Waals surface area contributed by atoms with E-state index in [-0.39, 0.29) is 24.2 Å². The molecule has 3 N–H and O–H groups in total. The predicted molar refractivity (Wildman–Crippen MR) is 66.6 cm³/mol. The molecule has 1 aliphatic rings. The standard InChI is InChI=1S/C10H17N3O3.ClH/c1-15-10(14)8(9(11)12)13-16-7-5-3-2-4-6-7;/h7H,2-6H2,1H3,(H3,11,12);1H. The average molecular weight is 264 g/mol. The van der Waals surface area contributed by atoms with Crippen molar-refractivity contribution in [1.82, 2.24) is 0 Å². The molecule has 0 aliphatic heterocycles. The van der Waals surface area contributed by atoms with Gasteiger partial charge in [0.05, 0.1) is 7.11 Å². The van der Waals surface area contributed by atoms with E-state index in [2.05, 4.69) is 9.89 Å². The fourth-order valence-corrected chi connectivity index (χ4v) is 1.59. The van der Waals surface area contributed by atoms with Crippen LogP contribution in [0, 0.1) is 5.41 Å². The molecule has 6 nitrogen and oxygen atoms in total. The van der Waals surface area contributed by atoms with Crippen LogP contribution in [0.1, 0.15) is 32.1 Å². The molecule has 98 valence electrons. The number of nitrogens with zero attached hydrogens (tertiary/aromatic N) is 1. The van der Waals surface area contributed by atoms with Crippen LogP contribution in [-0.4, -0.2) is 30.7 Å². The van der Waals surface area contributed by atoms with Crippen LogP contribution in [0.2, 0.25) is 0 Å². The summed E-state index contributed by atoms with van der Waals surface area (Å²) < 4.78 is 4.44. The molecule has 0 unspecified atom stereocenters. The van der Waals surface area contributed by atoms with Crippen LogP contribution < -0.4 is 5.73 Å². The van der Waals surface area contributed by atoms with Crippen LogP contribution in [0.3, 0.4) is 0 Å². The Morgan fingerprint density at radius 1 is 1.35 bits per heavy atom. The first-order valence-corrected chi connectivity index (χ1v) is 5.31. The molecule has 0 radical (unpaired) electrons. The van der Waals surface area contributed by atoms with Gasteiger partial charge >= 0.3 is 5.97 Å². The van der Waals surface area contributed by atoms with E-state index in [4.69, 9.17) is 16.0 Å². The topological polar surface area (TPSA) is 97.8 Å². The third-order valence-corrected chi connectivity index (χ3v) is 2.48. The molecule has 1 aliphatic carbocycles. The summed E-state index contributed by atoms with van der Waals surface area (Å²) in [4.78, 5) is 16.4. The number of esters is 1. The molecule has 1 rings (SSSR count). The molecule has 17 heavy (non-hydrogen) atoms. The number of nitrogens with one attached hydrogen (secondary N) is 1. The second-order valence-electron chi connectivity index (χ2n) is 3.71. The number of ether oxygens (including phenoxy) is 1. The zero-order chi connectivity index (χ0) is 12.0. The highest BCUT2D eigenvalue weighted by atomic mass is 35.5. The van der Waals surface area contributed by atoms with Gasteiger partial charge < -0.3 is 15.3 Å². The Kier molecular flexibility index (Phi) is 7.29. The van der Waals surface area contributed by atoms with E-state index in [9.17, 15) is 4.79 Å². The van der Waals surface area contributed by atoms with E-state index < -0.39 is 11.8 Å². The van der Waals surface area contributed by atoms with Crippen LogP contribution in [0.25, 0.3) is 0 Å². The molecule has 0 aromatic heterocycles. The second-order valence-corrected chi connectivity index (χ2v) is 3.71. The van der Waals surface area contributed by atoms with Gasteiger partial charge in [0, 0.05) is 0 Å². The number of rotatable bonds is 4. The molecular weight excluding hydrogens is 246 g/mol.